The number of carbonyl (C=O) groups excluding carboxylic acids is 1. The first-order chi connectivity index (χ1) is 17.3. The van der Waals surface area contributed by atoms with Crippen LogP contribution in [-0.2, 0) is 23.6 Å². The van der Waals surface area contributed by atoms with E-state index in [0.29, 0.717) is 34.6 Å². The largest absolute Gasteiger partial charge is 0.496 e. The molecule has 12 heteroatoms. The second-order valence-electron chi connectivity index (χ2n) is 7.96. The molecule has 0 radical (unpaired) electrons. The van der Waals surface area contributed by atoms with Crippen LogP contribution < -0.4 is 10.1 Å². The number of nitrogens with zero attached hydrogens (tertiary/aromatic N) is 5. The Bertz CT molecular complexity index is 1330. The molecular weight excluding hydrogens is 506 g/mol. The van der Waals surface area contributed by atoms with Gasteiger partial charge in [0, 0.05) is 35.3 Å². The Balaban J connectivity index is 1.51. The van der Waals surface area contributed by atoms with Crippen LogP contribution in [0.15, 0.2) is 47.5 Å². The van der Waals surface area contributed by atoms with E-state index in [1.807, 2.05) is 25.3 Å². The number of rotatable bonds is 9. The second-order valence-corrected chi connectivity index (χ2v) is 9.29. The van der Waals surface area contributed by atoms with Crippen LogP contribution in [0.1, 0.15) is 41.4 Å². The number of hydrogen-bond acceptors (Lipinski definition) is 7. The number of amides is 1. The highest BCUT2D eigenvalue weighted by Gasteiger charge is 2.31. The molecule has 1 fully saturated rings. The maximum atomic E-state index is 13.1. The molecule has 0 saturated carbocycles. The molecule has 0 unspecified atom stereocenters. The Hall–Kier alpha value is -3.38. The SMILES string of the molecule is CCn1cc(CN2C(=O)/C(=C\c3ccc(OC)c(CSc4nc(C)cc(C(F)F)n4)c3)NC2=S)cn1. The third-order valence-electron chi connectivity index (χ3n) is 5.36. The first-order valence-electron chi connectivity index (χ1n) is 11.1. The normalized spacial score (nSPS) is 14.7. The molecule has 1 aliphatic heterocycles. The molecule has 4 rings (SSSR count). The van der Waals surface area contributed by atoms with Crippen molar-refractivity contribution >= 4 is 41.1 Å². The molecule has 1 aromatic carbocycles. The van der Waals surface area contributed by atoms with E-state index in [2.05, 4.69) is 20.4 Å². The van der Waals surface area contributed by atoms with E-state index < -0.39 is 6.43 Å². The number of thiocarbonyl (C=S) groups is 1. The Morgan fingerprint density at radius 2 is 2.08 bits per heavy atom. The molecule has 36 heavy (non-hydrogen) atoms. The van der Waals surface area contributed by atoms with E-state index in [9.17, 15) is 13.6 Å². The van der Waals surface area contributed by atoms with Gasteiger partial charge < -0.3 is 10.1 Å². The van der Waals surface area contributed by atoms with Crippen molar-refractivity contribution < 1.29 is 18.3 Å². The van der Waals surface area contributed by atoms with Gasteiger partial charge in [0.2, 0.25) is 0 Å². The summed E-state index contributed by atoms with van der Waals surface area (Å²) in [6.45, 7) is 4.70. The molecule has 1 aliphatic rings. The summed E-state index contributed by atoms with van der Waals surface area (Å²) in [5, 5.41) is 7.81. The fourth-order valence-corrected chi connectivity index (χ4v) is 4.76. The lowest BCUT2D eigenvalue weighted by Crippen LogP contribution is -2.29. The predicted octanol–water partition coefficient (Wildman–Crippen LogP) is 4.50. The lowest BCUT2D eigenvalue weighted by atomic mass is 10.1. The van der Waals surface area contributed by atoms with Crippen LogP contribution in [0.2, 0.25) is 0 Å². The Morgan fingerprint density at radius 3 is 2.78 bits per heavy atom. The third-order valence-corrected chi connectivity index (χ3v) is 6.58. The average molecular weight is 531 g/mol. The quantitative estimate of drug-likeness (QED) is 0.187. The highest BCUT2D eigenvalue weighted by Crippen LogP contribution is 2.29. The zero-order chi connectivity index (χ0) is 25.8. The summed E-state index contributed by atoms with van der Waals surface area (Å²) in [6.07, 6.45) is 2.65. The van der Waals surface area contributed by atoms with Crippen molar-refractivity contribution in [3.8, 4) is 5.75 Å². The Morgan fingerprint density at radius 1 is 1.28 bits per heavy atom. The number of thioether (sulfide) groups is 1. The van der Waals surface area contributed by atoms with Crippen LogP contribution in [0.5, 0.6) is 5.75 Å². The molecule has 3 heterocycles. The number of aryl methyl sites for hydroxylation is 2. The van der Waals surface area contributed by atoms with E-state index in [1.165, 1.54) is 22.7 Å². The van der Waals surface area contributed by atoms with Crippen LogP contribution in [0.3, 0.4) is 0 Å². The van der Waals surface area contributed by atoms with E-state index in [0.717, 1.165) is 23.2 Å². The van der Waals surface area contributed by atoms with Crippen molar-refractivity contribution in [3.05, 3.63) is 70.4 Å². The van der Waals surface area contributed by atoms with Crippen molar-refractivity contribution in [2.24, 2.45) is 0 Å². The van der Waals surface area contributed by atoms with Crippen molar-refractivity contribution in [2.45, 2.75) is 44.3 Å². The molecule has 2 aromatic heterocycles. The summed E-state index contributed by atoms with van der Waals surface area (Å²) in [5.41, 5.74) is 2.97. The number of benzene rings is 1. The van der Waals surface area contributed by atoms with Gasteiger partial charge in [0.05, 0.1) is 19.9 Å². The van der Waals surface area contributed by atoms with E-state index >= 15 is 0 Å². The minimum Gasteiger partial charge on any atom is -0.496 e. The molecule has 188 valence electrons. The number of ether oxygens (including phenoxy) is 1. The van der Waals surface area contributed by atoms with Crippen LogP contribution in [0.4, 0.5) is 8.78 Å². The number of hydrogen-bond donors (Lipinski definition) is 1. The molecule has 1 saturated heterocycles. The summed E-state index contributed by atoms with van der Waals surface area (Å²) in [5.74, 6) is 0.783. The van der Waals surface area contributed by atoms with Gasteiger partial charge in [-0.05, 0) is 55.9 Å². The first kappa shape index (κ1) is 25.7. The maximum absolute atomic E-state index is 13.1. The Labute approximate surface area is 216 Å². The summed E-state index contributed by atoms with van der Waals surface area (Å²) < 4.78 is 33.5. The molecular formula is C24H24F2N6O2S2. The van der Waals surface area contributed by atoms with E-state index in [1.54, 1.807) is 37.1 Å². The zero-order valence-corrected chi connectivity index (χ0v) is 21.5. The fraction of sp³-hybridized carbons (Fsp3) is 0.292. The van der Waals surface area contributed by atoms with Gasteiger partial charge in [-0.15, -0.1) is 0 Å². The third kappa shape index (κ3) is 5.88. The number of nitrogens with one attached hydrogen (secondary N) is 1. The van der Waals surface area contributed by atoms with Crippen LogP contribution in [0.25, 0.3) is 6.08 Å². The fourth-order valence-electron chi connectivity index (χ4n) is 3.61. The topological polar surface area (TPSA) is 85.2 Å². The first-order valence-corrected chi connectivity index (χ1v) is 12.5. The highest BCUT2D eigenvalue weighted by atomic mass is 32.2. The summed E-state index contributed by atoms with van der Waals surface area (Å²) >= 11 is 6.61. The van der Waals surface area contributed by atoms with Crippen LogP contribution in [0, 0.1) is 6.92 Å². The summed E-state index contributed by atoms with van der Waals surface area (Å²) in [6, 6.07) is 6.76. The summed E-state index contributed by atoms with van der Waals surface area (Å²) in [4.78, 5) is 22.7. The molecule has 3 aromatic rings. The van der Waals surface area contributed by atoms with Crippen LogP contribution >= 0.6 is 24.0 Å². The van der Waals surface area contributed by atoms with Crippen molar-refractivity contribution in [1.29, 1.82) is 0 Å². The average Bonchev–Trinajstić information content (AvgIpc) is 3.42. The van der Waals surface area contributed by atoms with Crippen molar-refractivity contribution in [3.63, 3.8) is 0 Å². The summed E-state index contributed by atoms with van der Waals surface area (Å²) in [7, 11) is 1.55. The number of methoxy groups -OCH3 is 1. The van der Waals surface area contributed by atoms with Gasteiger partial charge in [0.15, 0.2) is 10.3 Å². The molecule has 0 spiro atoms. The molecule has 1 amide bonds. The smallest absolute Gasteiger partial charge is 0.280 e. The minimum atomic E-state index is -2.67. The van der Waals surface area contributed by atoms with Gasteiger partial charge in [-0.1, -0.05) is 17.8 Å². The van der Waals surface area contributed by atoms with Crippen molar-refractivity contribution in [2.75, 3.05) is 7.11 Å². The van der Waals surface area contributed by atoms with Gasteiger partial charge in [-0.3, -0.25) is 14.4 Å². The van der Waals surface area contributed by atoms with E-state index in [4.69, 9.17) is 17.0 Å². The lowest BCUT2D eigenvalue weighted by molar-refractivity contribution is -0.122. The highest BCUT2D eigenvalue weighted by molar-refractivity contribution is 7.98. The molecule has 0 atom stereocenters. The van der Waals surface area contributed by atoms with E-state index in [-0.39, 0.29) is 16.8 Å². The van der Waals surface area contributed by atoms with Crippen LogP contribution in [-0.4, -0.2) is 42.8 Å². The zero-order valence-electron chi connectivity index (χ0n) is 19.9. The number of aromatic nitrogens is 4. The minimum absolute atomic E-state index is 0.233. The van der Waals surface area contributed by atoms with Gasteiger partial charge in [0.1, 0.15) is 17.1 Å². The molecule has 1 N–H and O–H groups in total. The molecule has 0 aliphatic carbocycles. The maximum Gasteiger partial charge on any atom is 0.280 e. The number of halogens is 2. The molecule has 8 nitrogen and oxygen atoms in total. The van der Waals surface area contributed by atoms with Gasteiger partial charge in [-0.2, -0.15) is 5.10 Å². The molecule has 0 bridgehead atoms. The lowest BCUT2D eigenvalue weighted by Gasteiger charge is -2.12. The predicted molar refractivity (Wildman–Crippen MR) is 136 cm³/mol. The standard InChI is InChI=1S/C24H24F2N6O2S2/c1-4-31-11-16(10-27-31)12-32-22(33)19(30-24(32)35)9-15-5-6-20(34-3)17(8-15)13-36-23-28-14(2)7-18(29-23)21(25)26/h5-11,21H,4,12-13H2,1-3H3,(H,30,35)/b19-9+. The van der Waals surface area contributed by atoms with Gasteiger partial charge >= 0.3 is 0 Å². The van der Waals surface area contributed by atoms with Gasteiger partial charge in [-0.25, -0.2) is 18.7 Å². The Kier molecular flexibility index (Phi) is 7.94. The van der Waals surface area contributed by atoms with Crippen molar-refractivity contribution in [1.82, 2.24) is 30.0 Å². The monoisotopic (exact) mass is 530 g/mol. The second kappa shape index (κ2) is 11.1. The number of alkyl halides is 2. The van der Waals surface area contributed by atoms with Gasteiger partial charge in [0.25, 0.3) is 12.3 Å². The number of carbonyl (C=O) groups is 1.